The van der Waals surface area contributed by atoms with Crippen LogP contribution in [0, 0.1) is 0 Å². The minimum absolute atomic E-state index is 0.304. The number of anilines is 1. The van der Waals surface area contributed by atoms with Crippen molar-refractivity contribution < 1.29 is 0 Å². The molecule has 20 heavy (non-hydrogen) atoms. The van der Waals surface area contributed by atoms with Gasteiger partial charge in [-0.05, 0) is 37.7 Å². The van der Waals surface area contributed by atoms with Crippen molar-refractivity contribution >= 4 is 17.3 Å². The van der Waals surface area contributed by atoms with Gasteiger partial charge in [-0.3, -0.25) is 0 Å². The van der Waals surface area contributed by atoms with E-state index in [4.69, 9.17) is 11.6 Å². The van der Waals surface area contributed by atoms with E-state index in [-0.39, 0.29) is 0 Å². The molecule has 1 aromatic carbocycles. The van der Waals surface area contributed by atoms with Gasteiger partial charge in [-0.1, -0.05) is 31.5 Å². The first kappa shape index (κ1) is 15.6. The zero-order valence-corrected chi connectivity index (χ0v) is 13.6. The number of benzene rings is 1. The summed E-state index contributed by atoms with van der Waals surface area (Å²) in [6, 6.07) is 6.79. The number of hydrogen-bond donors (Lipinski definition) is 1. The summed E-state index contributed by atoms with van der Waals surface area (Å²) in [5.74, 6) is 0. The van der Waals surface area contributed by atoms with Gasteiger partial charge < -0.3 is 15.1 Å². The lowest BCUT2D eigenvalue weighted by Gasteiger charge is -2.35. The first-order valence-electron chi connectivity index (χ1n) is 7.65. The first-order valence-corrected chi connectivity index (χ1v) is 8.03. The molecule has 1 N–H and O–H groups in total. The van der Waals surface area contributed by atoms with E-state index in [9.17, 15) is 0 Å². The molecule has 2 rings (SSSR count). The van der Waals surface area contributed by atoms with Crippen molar-refractivity contribution in [2.24, 2.45) is 0 Å². The number of halogens is 1. The van der Waals surface area contributed by atoms with E-state index >= 15 is 0 Å². The average molecular weight is 296 g/mol. The maximum absolute atomic E-state index is 6.46. The molecule has 0 radical (unpaired) electrons. The standard InChI is InChI=1S/C16H26ClN3/c1-4-18-13(3)15-7-6-14(12-16(15)17)20-10-8-19(5-2)9-11-20/h6-7,12-13,18H,4-5,8-11H2,1-3H3. The molecule has 0 aliphatic carbocycles. The second kappa shape index (κ2) is 7.30. The molecule has 1 aliphatic heterocycles. The molecule has 0 bridgehead atoms. The Labute approximate surface area is 127 Å². The van der Waals surface area contributed by atoms with E-state index < -0.39 is 0 Å². The number of hydrogen-bond acceptors (Lipinski definition) is 3. The lowest BCUT2D eigenvalue weighted by molar-refractivity contribution is 0.271. The van der Waals surface area contributed by atoms with E-state index in [2.05, 4.69) is 54.1 Å². The largest absolute Gasteiger partial charge is 0.369 e. The molecule has 4 heteroatoms. The Morgan fingerprint density at radius 1 is 1.20 bits per heavy atom. The molecular formula is C16H26ClN3. The molecule has 1 heterocycles. The van der Waals surface area contributed by atoms with Crippen molar-refractivity contribution in [3.05, 3.63) is 28.8 Å². The van der Waals surface area contributed by atoms with Gasteiger partial charge in [0.15, 0.2) is 0 Å². The van der Waals surface area contributed by atoms with Gasteiger partial charge in [0.1, 0.15) is 0 Å². The number of likely N-dealkylation sites (N-methyl/N-ethyl adjacent to an activating group) is 1. The molecule has 0 amide bonds. The fraction of sp³-hybridized carbons (Fsp3) is 0.625. The Kier molecular flexibility index (Phi) is 5.70. The van der Waals surface area contributed by atoms with E-state index in [1.165, 1.54) is 11.3 Å². The van der Waals surface area contributed by atoms with E-state index in [0.29, 0.717) is 6.04 Å². The summed E-state index contributed by atoms with van der Waals surface area (Å²) in [7, 11) is 0. The van der Waals surface area contributed by atoms with Crippen LogP contribution in [0.2, 0.25) is 5.02 Å². The quantitative estimate of drug-likeness (QED) is 0.900. The monoisotopic (exact) mass is 295 g/mol. The lowest BCUT2D eigenvalue weighted by atomic mass is 10.1. The minimum Gasteiger partial charge on any atom is -0.369 e. The van der Waals surface area contributed by atoms with Crippen molar-refractivity contribution in [2.75, 3.05) is 44.2 Å². The van der Waals surface area contributed by atoms with Gasteiger partial charge in [-0.25, -0.2) is 0 Å². The summed E-state index contributed by atoms with van der Waals surface area (Å²) in [6.07, 6.45) is 0. The highest BCUT2D eigenvalue weighted by Crippen LogP contribution is 2.28. The van der Waals surface area contributed by atoms with Gasteiger partial charge in [0, 0.05) is 42.9 Å². The SMILES string of the molecule is CCNC(C)c1ccc(N2CCN(CC)CC2)cc1Cl. The molecule has 1 unspecified atom stereocenters. The number of rotatable bonds is 5. The maximum atomic E-state index is 6.46. The Hall–Kier alpha value is -0.770. The second-order valence-corrected chi connectivity index (χ2v) is 5.81. The van der Waals surface area contributed by atoms with Crippen molar-refractivity contribution in [1.82, 2.24) is 10.2 Å². The zero-order chi connectivity index (χ0) is 14.5. The molecule has 0 saturated carbocycles. The van der Waals surface area contributed by atoms with Crippen LogP contribution in [0.4, 0.5) is 5.69 Å². The van der Waals surface area contributed by atoms with Crippen molar-refractivity contribution in [1.29, 1.82) is 0 Å². The van der Waals surface area contributed by atoms with Crippen LogP contribution >= 0.6 is 11.6 Å². The molecule has 1 aromatic rings. The van der Waals surface area contributed by atoms with Crippen LogP contribution in [0.1, 0.15) is 32.4 Å². The van der Waals surface area contributed by atoms with Crippen LogP contribution in [0.15, 0.2) is 18.2 Å². The summed E-state index contributed by atoms with van der Waals surface area (Å²) in [5, 5.41) is 4.28. The normalized spacial score (nSPS) is 18.3. The zero-order valence-electron chi connectivity index (χ0n) is 12.8. The molecule has 0 aromatic heterocycles. The smallest absolute Gasteiger partial charge is 0.0474 e. The summed E-state index contributed by atoms with van der Waals surface area (Å²) in [6.45, 7) is 13.1. The predicted octanol–water partition coefficient (Wildman–Crippen LogP) is 3.15. The third kappa shape index (κ3) is 3.66. The molecule has 0 spiro atoms. The summed E-state index contributed by atoms with van der Waals surface area (Å²) in [4.78, 5) is 4.92. The maximum Gasteiger partial charge on any atom is 0.0474 e. The highest BCUT2D eigenvalue weighted by atomic mass is 35.5. The van der Waals surface area contributed by atoms with Gasteiger partial charge in [-0.15, -0.1) is 0 Å². The number of piperazine rings is 1. The van der Waals surface area contributed by atoms with Crippen LogP contribution in [0.25, 0.3) is 0 Å². The molecule has 112 valence electrons. The van der Waals surface area contributed by atoms with Crippen LogP contribution in [-0.4, -0.2) is 44.2 Å². The second-order valence-electron chi connectivity index (χ2n) is 5.41. The van der Waals surface area contributed by atoms with E-state index in [0.717, 1.165) is 44.3 Å². The van der Waals surface area contributed by atoms with E-state index in [1.807, 2.05) is 0 Å². The third-order valence-corrected chi connectivity index (χ3v) is 4.47. The fourth-order valence-corrected chi connectivity index (χ4v) is 3.14. The van der Waals surface area contributed by atoms with Crippen molar-refractivity contribution in [3.63, 3.8) is 0 Å². The molecule has 1 atom stereocenters. The van der Waals surface area contributed by atoms with E-state index in [1.54, 1.807) is 0 Å². The Morgan fingerprint density at radius 3 is 2.45 bits per heavy atom. The van der Waals surface area contributed by atoms with Gasteiger partial charge in [-0.2, -0.15) is 0 Å². The van der Waals surface area contributed by atoms with Gasteiger partial charge >= 0.3 is 0 Å². The minimum atomic E-state index is 0.304. The molecular weight excluding hydrogens is 270 g/mol. The summed E-state index contributed by atoms with van der Waals surface area (Å²) < 4.78 is 0. The van der Waals surface area contributed by atoms with Gasteiger partial charge in [0.25, 0.3) is 0 Å². The molecule has 1 fully saturated rings. The first-order chi connectivity index (χ1) is 9.65. The van der Waals surface area contributed by atoms with Crippen molar-refractivity contribution in [3.8, 4) is 0 Å². The Morgan fingerprint density at radius 2 is 1.90 bits per heavy atom. The molecule has 1 saturated heterocycles. The fourth-order valence-electron chi connectivity index (χ4n) is 2.80. The number of nitrogens with one attached hydrogen (secondary N) is 1. The van der Waals surface area contributed by atoms with Gasteiger partial charge in [0.2, 0.25) is 0 Å². The average Bonchev–Trinajstić information content (AvgIpc) is 2.47. The van der Waals surface area contributed by atoms with Crippen LogP contribution < -0.4 is 10.2 Å². The highest BCUT2D eigenvalue weighted by Gasteiger charge is 2.17. The third-order valence-electron chi connectivity index (χ3n) is 4.15. The number of nitrogens with zero attached hydrogens (tertiary/aromatic N) is 2. The topological polar surface area (TPSA) is 18.5 Å². The van der Waals surface area contributed by atoms with Crippen molar-refractivity contribution in [2.45, 2.75) is 26.8 Å². The van der Waals surface area contributed by atoms with Crippen LogP contribution in [-0.2, 0) is 0 Å². The lowest BCUT2D eigenvalue weighted by Crippen LogP contribution is -2.46. The Balaban J connectivity index is 2.05. The van der Waals surface area contributed by atoms with Gasteiger partial charge in [0.05, 0.1) is 0 Å². The molecule has 1 aliphatic rings. The summed E-state index contributed by atoms with van der Waals surface area (Å²) in [5.41, 5.74) is 2.43. The molecule has 3 nitrogen and oxygen atoms in total. The van der Waals surface area contributed by atoms with Crippen LogP contribution in [0.5, 0.6) is 0 Å². The van der Waals surface area contributed by atoms with Crippen LogP contribution in [0.3, 0.4) is 0 Å². The predicted molar refractivity (Wildman–Crippen MR) is 87.9 cm³/mol. The highest BCUT2D eigenvalue weighted by molar-refractivity contribution is 6.31. The Bertz CT molecular complexity index is 428. The summed E-state index contributed by atoms with van der Waals surface area (Å²) >= 11 is 6.46.